The molecular formula is C14H15Cl2NS2. The molecule has 0 saturated carbocycles. The van der Waals surface area contributed by atoms with Crippen LogP contribution in [0.3, 0.4) is 0 Å². The second-order valence-electron chi connectivity index (χ2n) is 4.32. The predicted molar refractivity (Wildman–Crippen MR) is 88.5 cm³/mol. The van der Waals surface area contributed by atoms with E-state index in [4.69, 9.17) is 28.9 Å². The molecule has 1 aromatic heterocycles. The number of rotatable bonds is 5. The Hall–Kier alpha value is -0.190. The van der Waals surface area contributed by atoms with E-state index in [9.17, 15) is 0 Å². The van der Waals surface area contributed by atoms with Gasteiger partial charge in [-0.05, 0) is 30.7 Å². The van der Waals surface area contributed by atoms with Crippen LogP contribution in [0.5, 0.6) is 0 Å². The number of thioether (sulfide) groups is 1. The molecule has 19 heavy (non-hydrogen) atoms. The average molecular weight is 332 g/mol. The smallest absolute Gasteiger partial charge is 0.0931 e. The van der Waals surface area contributed by atoms with Crippen LogP contribution >= 0.6 is 46.3 Å². The lowest BCUT2D eigenvalue weighted by Gasteiger charge is -2.19. The molecule has 5 heteroatoms. The minimum absolute atomic E-state index is 0.0715. The van der Waals surface area contributed by atoms with Crippen molar-refractivity contribution in [3.63, 3.8) is 0 Å². The molecular weight excluding hydrogens is 317 g/mol. The first-order valence-corrected chi connectivity index (χ1v) is 8.56. The van der Waals surface area contributed by atoms with Crippen molar-refractivity contribution in [2.24, 2.45) is 5.73 Å². The van der Waals surface area contributed by atoms with E-state index in [0.29, 0.717) is 0 Å². The van der Waals surface area contributed by atoms with Crippen molar-refractivity contribution in [2.75, 3.05) is 0 Å². The summed E-state index contributed by atoms with van der Waals surface area (Å²) < 4.78 is 0.805. The van der Waals surface area contributed by atoms with Crippen LogP contribution in [-0.4, -0.2) is 6.04 Å². The van der Waals surface area contributed by atoms with Crippen molar-refractivity contribution in [3.05, 3.63) is 56.2 Å². The maximum absolute atomic E-state index is 6.17. The van der Waals surface area contributed by atoms with Crippen LogP contribution in [0.4, 0.5) is 0 Å². The Morgan fingerprint density at radius 1 is 1.21 bits per heavy atom. The molecule has 0 fully saturated rings. The van der Waals surface area contributed by atoms with Gasteiger partial charge in [-0.3, -0.25) is 0 Å². The van der Waals surface area contributed by atoms with Crippen molar-refractivity contribution in [2.45, 2.75) is 24.0 Å². The molecule has 1 heterocycles. The molecule has 0 aliphatic carbocycles. The summed E-state index contributed by atoms with van der Waals surface area (Å²) in [6.45, 7) is 2.03. The van der Waals surface area contributed by atoms with E-state index in [1.807, 2.05) is 31.2 Å². The van der Waals surface area contributed by atoms with Gasteiger partial charge in [0.25, 0.3) is 0 Å². The average Bonchev–Trinajstić information content (AvgIpc) is 2.78. The predicted octanol–water partition coefficient (Wildman–Crippen LogP) is 5.38. The Labute approximate surface area is 132 Å². The summed E-state index contributed by atoms with van der Waals surface area (Å²) in [7, 11) is 0. The fourth-order valence-corrected chi connectivity index (χ4v) is 4.72. The maximum Gasteiger partial charge on any atom is 0.0931 e. The first kappa shape index (κ1) is 15.2. The van der Waals surface area contributed by atoms with Crippen LogP contribution in [0, 0.1) is 0 Å². The lowest BCUT2D eigenvalue weighted by atomic mass is 10.2. The molecule has 0 bridgehead atoms. The summed E-state index contributed by atoms with van der Waals surface area (Å²) >= 11 is 15.6. The zero-order valence-corrected chi connectivity index (χ0v) is 13.6. The topological polar surface area (TPSA) is 26.0 Å². The summed E-state index contributed by atoms with van der Waals surface area (Å²) in [5.74, 6) is 0.849. The minimum atomic E-state index is 0.0715. The lowest BCUT2D eigenvalue weighted by molar-refractivity contribution is 0.730. The molecule has 0 aliphatic heterocycles. The van der Waals surface area contributed by atoms with E-state index >= 15 is 0 Å². The molecule has 0 amide bonds. The second kappa shape index (κ2) is 7.00. The molecule has 0 saturated heterocycles. The van der Waals surface area contributed by atoms with Crippen LogP contribution in [0.1, 0.15) is 22.6 Å². The number of halogens is 2. The van der Waals surface area contributed by atoms with Gasteiger partial charge in [-0.15, -0.1) is 23.1 Å². The normalized spacial score (nSPS) is 14.3. The number of thiophene rings is 1. The summed E-state index contributed by atoms with van der Waals surface area (Å²) in [4.78, 5) is 1.22. The Bertz CT molecular complexity index is 540. The molecule has 2 unspecified atom stereocenters. The van der Waals surface area contributed by atoms with Crippen LogP contribution in [0.2, 0.25) is 9.36 Å². The number of nitrogens with two attached hydrogens (primary N) is 1. The molecule has 0 aliphatic rings. The fourth-order valence-electron chi connectivity index (χ4n) is 1.77. The zero-order valence-electron chi connectivity index (χ0n) is 10.5. The highest BCUT2D eigenvalue weighted by atomic mass is 35.5. The van der Waals surface area contributed by atoms with Crippen LogP contribution < -0.4 is 5.73 Å². The van der Waals surface area contributed by atoms with Crippen LogP contribution in [-0.2, 0) is 5.75 Å². The summed E-state index contributed by atoms with van der Waals surface area (Å²) in [6, 6.07) is 12.0. The van der Waals surface area contributed by atoms with E-state index in [0.717, 1.165) is 20.7 Å². The van der Waals surface area contributed by atoms with Gasteiger partial charge in [0.05, 0.1) is 9.59 Å². The first-order chi connectivity index (χ1) is 9.08. The molecule has 1 aromatic carbocycles. The van der Waals surface area contributed by atoms with E-state index in [1.54, 1.807) is 23.1 Å². The Kier molecular flexibility index (Phi) is 5.60. The monoisotopic (exact) mass is 331 g/mol. The van der Waals surface area contributed by atoms with Crippen molar-refractivity contribution in [3.8, 4) is 0 Å². The summed E-state index contributed by atoms with van der Waals surface area (Å²) in [5.41, 5.74) is 7.23. The largest absolute Gasteiger partial charge is 0.327 e. The molecule has 0 spiro atoms. The maximum atomic E-state index is 6.17. The van der Waals surface area contributed by atoms with Gasteiger partial charge in [-0.1, -0.05) is 41.4 Å². The van der Waals surface area contributed by atoms with E-state index in [-0.39, 0.29) is 11.3 Å². The van der Waals surface area contributed by atoms with Crippen molar-refractivity contribution in [1.29, 1.82) is 0 Å². The zero-order chi connectivity index (χ0) is 13.8. The summed E-state index contributed by atoms with van der Waals surface area (Å²) in [6.07, 6.45) is 0. The van der Waals surface area contributed by atoms with Crippen molar-refractivity contribution >= 4 is 46.3 Å². The molecule has 0 radical (unpaired) electrons. The van der Waals surface area contributed by atoms with Crippen molar-refractivity contribution < 1.29 is 0 Å². The third kappa shape index (κ3) is 4.14. The van der Waals surface area contributed by atoms with Crippen LogP contribution in [0.25, 0.3) is 0 Å². The van der Waals surface area contributed by atoms with E-state index < -0.39 is 0 Å². The molecule has 2 aromatic rings. The van der Waals surface area contributed by atoms with Gasteiger partial charge in [0.15, 0.2) is 0 Å². The first-order valence-electron chi connectivity index (χ1n) is 5.93. The van der Waals surface area contributed by atoms with Gasteiger partial charge in [0, 0.05) is 21.7 Å². The summed E-state index contributed by atoms with van der Waals surface area (Å²) in [5, 5.41) is 1.05. The second-order valence-corrected chi connectivity index (χ2v) is 7.61. The number of benzene rings is 1. The number of hydrogen-bond acceptors (Lipinski definition) is 3. The Morgan fingerprint density at radius 2 is 1.95 bits per heavy atom. The van der Waals surface area contributed by atoms with Gasteiger partial charge in [-0.25, -0.2) is 0 Å². The van der Waals surface area contributed by atoms with E-state index in [2.05, 4.69) is 12.1 Å². The highest BCUT2D eigenvalue weighted by Crippen LogP contribution is 2.39. The third-order valence-electron chi connectivity index (χ3n) is 2.73. The van der Waals surface area contributed by atoms with Crippen molar-refractivity contribution in [1.82, 2.24) is 0 Å². The molecule has 2 rings (SSSR count). The SMILES string of the molecule is CC(N)C(SCc1ccccc1Cl)c1ccc(Cl)s1. The van der Waals surface area contributed by atoms with Gasteiger partial charge in [-0.2, -0.15) is 0 Å². The van der Waals surface area contributed by atoms with Gasteiger partial charge >= 0.3 is 0 Å². The van der Waals surface area contributed by atoms with Gasteiger partial charge < -0.3 is 5.73 Å². The highest BCUT2D eigenvalue weighted by molar-refractivity contribution is 7.98. The lowest BCUT2D eigenvalue weighted by Crippen LogP contribution is -2.22. The quantitative estimate of drug-likeness (QED) is 0.796. The highest BCUT2D eigenvalue weighted by Gasteiger charge is 2.19. The number of hydrogen-bond donors (Lipinski definition) is 1. The third-order valence-corrected chi connectivity index (χ3v) is 6.08. The molecule has 2 atom stereocenters. The Morgan fingerprint density at radius 3 is 2.53 bits per heavy atom. The minimum Gasteiger partial charge on any atom is -0.327 e. The van der Waals surface area contributed by atoms with E-state index in [1.165, 1.54) is 4.88 Å². The Balaban J connectivity index is 2.08. The van der Waals surface area contributed by atoms with Gasteiger partial charge in [0.1, 0.15) is 0 Å². The fraction of sp³-hybridized carbons (Fsp3) is 0.286. The molecule has 102 valence electrons. The van der Waals surface area contributed by atoms with Crippen LogP contribution in [0.15, 0.2) is 36.4 Å². The molecule has 2 N–H and O–H groups in total. The van der Waals surface area contributed by atoms with Gasteiger partial charge in [0.2, 0.25) is 0 Å². The standard InChI is InChI=1S/C14H15Cl2NS2/c1-9(17)14(12-6-7-13(16)19-12)18-8-10-4-2-3-5-11(10)15/h2-7,9,14H,8,17H2,1H3. The molecule has 1 nitrogen and oxygen atoms in total.